The number of nitrogens with zero attached hydrogens (tertiary/aromatic N) is 1. The number of unbranched alkanes of at least 4 members (excludes halogenated alkanes) is 1. The molecule has 3 amide bonds. The number of carbonyl (C=O) groups excluding carboxylic acids is 3. The number of nitrogens with one attached hydrogen (secondary N) is 2. The summed E-state index contributed by atoms with van der Waals surface area (Å²) in [5, 5.41) is 15.0. The number of aliphatic hydroxyl groups excluding tert-OH is 1. The molecule has 31 heavy (non-hydrogen) atoms. The molecule has 0 fully saturated rings. The first-order valence-electron chi connectivity index (χ1n) is 10.6. The highest BCUT2D eigenvalue weighted by Gasteiger charge is 2.34. The van der Waals surface area contributed by atoms with Crippen LogP contribution in [0.2, 0.25) is 0 Å². The highest BCUT2D eigenvalue weighted by molar-refractivity contribution is 5.92. The van der Waals surface area contributed by atoms with Gasteiger partial charge in [-0.1, -0.05) is 37.1 Å². The smallest absolute Gasteiger partial charge is 0.408 e. The van der Waals surface area contributed by atoms with Crippen molar-refractivity contribution in [1.29, 1.82) is 0 Å². The minimum Gasteiger partial charge on any atom is -0.444 e. The van der Waals surface area contributed by atoms with Gasteiger partial charge in [0.05, 0.1) is 6.61 Å². The van der Waals surface area contributed by atoms with E-state index in [2.05, 4.69) is 10.6 Å². The fourth-order valence-electron chi connectivity index (χ4n) is 3.07. The Labute approximate surface area is 185 Å². The summed E-state index contributed by atoms with van der Waals surface area (Å²) in [5.41, 5.74) is 1.76. The van der Waals surface area contributed by atoms with Crippen molar-refractivity contribution in [3.8, 4) is 0 Å². The minimum absolute atomic E-state index is 0.313. The van der Waals surface area contributed by atoms with Crippen LogP contribution < -0.4 is 10.6 Å². The molecule has 8 heteroatoms. The van der Waals surface area contributed by atoms with Crippen molar-refractivity contribution >= 4 is 17.9 Å². The average Bonchev–Trinajstić information content (AvgIpc) is 2.67. The number of benzene rings is 1. The third-order valence-electron chi connectivity index (χ3n) is 4.71. The van der Waals surface area contributed by atoms with Crippen LogP contribution in [0.25, 0.3) is 0 Å². The fraction of sp³-hybridized carbons (Fsp3) is 0.609. The predicted molar refractivity (Wildman–Crippen MR) is 120 cm³/mol. The van der Waals surface area contributed by atoms with Gasteiger partial charge in [-0.25, -0.2) is 4.79 Å². The molecule has 0 aliphatic rings. The van der Waals surface area contributed by atoms with Gasteiger partial charge in [0.25, 0.3) is 0 Å². The second-order valence-electron chi connectivity index (χ2n) is 8.74. The first-order valence-corrected chi connectivity index (χ1v) is 10.6. The van der Waals surface area contributed by atoms with Crippen molar-refractivity contribution < 1.29 is 24.2 Å². The van der Waals surface area contributed by atoms with Crippen molar-refractivity contribution in [2.75, 3.05) is 20.2 Å². The Morgan fingerprint density at radius 3 is 2.39 bits per heavy atom. The summed E-state index contributed by atoms with van der Waals surface area (Å²) < 4.78 is 5.18. The summed E-state index contributed by atoms with van der Waals surface area (Å²) in [6, 6.07) is 3.57. The van der Waals surface area contributed by atoms with E-state index in [9.17, 15) is 19.5 Å². The molecule has 0 aromatic heterocycles. The van der Waals surface area contributed by atoms with Gasteiger partial charge in [-0.2, -0.15) is 0 Å². The van der Waals surface area contributed by atoms with Gasteiger partial charge in [0, 0.05) is 13.6 Å². The molecule has 0 spiro atoms. The zero-order chi connectivity index (χ0) is 23.8. The van der Waals surface area contributed by atoms with E-state index in [1.165, 1.54) is 11.9 Å². The van der Waals surface area contributed by atoms with E-state index in [0.29, 0.717) is 12.1 Å². The number of hydrogen-bond donors (Lipinski definition) is 3. The highest BCUT2D eigenvalue weighted by Crippen LogP contribution is 2.25. The molecule has 2 atom stereocenters. The highest BCUT2D eigenvalue weighted by atomic mass is 16.6. The number of hydrogen-bond acceptors (Lipinski definition) is 5. The number of rotatable bonds is 9. The topological polar surface area (TPSA) is 108 Å². The lowest BCUT2D eigenvalue weighted by atomic mass is 9.96. The molecular formula is C23H37N3O5. The second kappa shape index (κ2) is 11.7. The van der Waals surface area contributed by atoms with Crippen LogP contribution in [0.4, 0.5) is 4.79 Å². The van der Waals surface area contributed by atoms with E-state index in [4.69, 9.17) is 4.74 Å². The van der Waals surface area contributed by atoms with E-state index in [0.717, 1.165) is 24.0 Å². The van der Waals surface area contributed by atoms with Crippen LogP contribution in [0, 0.1) is 13.8 Å². The monoisotopic (exact) mass is 435 g/mol. The third-order valence-corrected chi connectivity index (χ3v) is 4.71. The van der Waals surface area contributed by atoms with E-state index >= 15 is 0 Å². The van der Waals surface area contributed by atoms with Crippen LogP contribution in [0.1, 0.15) is 63.3 Å². The lowest BCUT2D eigenvalue weighted by Crippen LogP contribution is -2.53. The number of likely N-dealkylation sites (N-methyl/N-ethyl adjacent to an activating group) is 1. The molecule has 2 unspecified atom stereocenters. The molecule has 0 heterocycles. The SMILES string of the molecule is CCCCNC(=O)C(c1cc(C)ccc1C)N(C)C(=O)C(CO)NC(=O)OC(C)(C)C. The number of carbonyl (C=O) groups is 3. The summed E-state index contributed by atoms with van der Waals surface area (Å²) in [5.74, 6) is -0.906. The Kier molecular flexibility index (Phi) is 9.97. The molecule has 8 nitrogen and oxygen atoms in total. The van der Waals surface area contributed by atoms with Crippen molar-refractivity contribution in [3.05, 3.63) is 34.9 Å². The Bertz CT molecular complexity index is 773. The molecule has 1 aromatic carbocycles. The molecule has 174 valence electrons. The summed E-state index contributed by atoms with van der Waals surface area (Å²) in [6.45, 7) is 10.8. The summed E-state index contributed by atoms with van der Waals surface area (Å²) in [6.07, 6.45) is 0.932. The Morgan fingerprint density at radius 2 is 1.84 bits per heavy atom. The van der Waals surface area contributed by atoms with E-state index in [-0.39, 0.29) is 5.91 Å². The van der Waals surface area contributed by atoms with Crippen LogP contribution in [0.15, 0.2) is 18.2 Å². The Morgan fingerprint density at radius 1 is 1.19 bits per heavy atom. The molecule has 0 aliphatic carbocycles. The van der Waals surface area contributed by atoms with Gasteiger partial charge in [-0.15, -0.1) is 0 Å². The molecular weight excluding hydrogens is 398 g/mol. The van der Waals surface area contributed by atoms with E-state index < -0.39 is 36.3 Å². The normalized spacial score (nSPS) is 13.2. The quantitative estimate of drug-likeness (QED) is 0.517. The number of aryl methyl sites for hydroxylation is 2. The first-order chi connectivity index (χ1) is 14.4. The third kappa shape index (κ3) is 8.20. The number of ether oxygens (including phenoxy) is 1. The van der Waals surface area contributed by atoms with Crippen LogP contribution >= 0.6 is 0 Å². The Balaban J connectivity index is 3.18. The number of aliphatic hydroxyl groups is 1. The molecule has 1 aromatic rings. The molecule has 1 rings (SSSR count). The lowest BCUT2D eigenvalue weighted by molar-refractivity contribution is -0.141. The van der Waals surface area contributed by atoms with Crippen LogP contribution in [-0.4, -0.2) is 59.8 Å². The van der Waals surface area contributed by atoms with Crippen LogP contribution in [0.5, 0.6) is 0 Å². The van der Waals surface area contributed by atoms with Gasteiger partial charge >= 0.3 is 6.09 Å². The molecule has 0 saturated heterocycles. The van der Waals surface area contributed by atoms with Gasteiger partial charge in [-0.05, 0) is 52.2 Å². The predicted octanol–water partition coefficient (Wildman–Crippen LogP) is 2.60. The van der Waals surface area contributed by atoms with Crippen molar-refractivity contribution in [3.63, 3.8) is 0 Å². The average molecular weight is 436 g/mol. The standard InChI is InChI=1S/C23H37N3O5/c1-8-9-12-24-20(28)19(17-13-15(2)10-11-16(17)3)26(7)21(29)18(14-27)25-22(30)31-23(4,5)6/h10-11,13,18-19,27H,8-9,12,14H2,1-7H3,(H,24,28)(H,25,30). The summed E-state index contributed by atoms with van der Waals surface area (Å²) in [4.78, 5) is 39.6. The maximum Gasteiger partial charge on any atom is 0.408 e. The lowest BCUT2D eigenvalue weighted by Gasteiger charge is -2.32. The minimum atomic E-state index is -1.24. The van der Waals surface area contributed by atoms with Gasteiger partial charge in [0.2, 0.25) is 11.8 Å². The molecule has 0 bridgehead atoms. The largest absolute Gasteiger partial charge is 0.444 e. The van der Waals surface area contributed by atoms with Crippen molar-refractivity contribution in [1.82, 2.24) is 15.5 Å². The van der Waals surface area contributed by atoms with Crippen molar-refractivity contribution in [2.45, 2.75) is 72.1 Å². The van der Waals surface area contributed by atoms with Gasteiger partial charge < -0.3 is 25.4 Å². The zero-order valence-electron chi connectivity index (χ0n) is 19.7. The molecule has 3 N–H and O–H groups in total. The molecule has 0 aliphatic heterocycles. The van der Waals surface area contributed by atoms with Crippen LogP contribution in [0.3, 0.4) is 0 Å². The number of amides is 3. The van der Waals surface area contributed by atoms with Gasteiger partial charge in [-0.3, -0.25) is 9.59 Å². The first kappa shape index (κ1) is 26.4. The van der Waals surface area contributed by atoms with Gasteiger partial charge in [0.15, 0.2) is 0 Å². The molecule has 0 radical (unpaired) electrons. The maximum absolute atomic E-state index is 13.1. The summed E-state index contributed by atoms with van der Waals surface area (Å²) in [7, 11) is 1.49. The Hall–Kier alpha value is -2.61. The van der Waals surface area contributed by atoms with E-state index in [1.54, 1.807) is 20.8 Å². The molecule has 0 saturated carbocycles. The summed E-state index contributed by atoms with van der Waals surface area (Å²) >= 11 is 0. The van der Waals surface area contributed by atoms with E-state index in [1.807, 2.05) is 39.0 Å². The maximum atomic E-state index is 13.1. The fourth-order valence-corrected chi connectivity index (χ4v) is 3.07. The second-order valence-corrected chi connectivity index (χ2v) is 8.74. The van der Waals surface area contributed by atoms with Crippen molar-refractivity contribution in [2.24, 2.45) is 0 Å². The number of alkyl carbamates (subject to hydrolysis) is 1. The zero-order valence-corrected chi connectivity index (χ0v) is 19.7. The van der Waals surface area contributed by atoms with Crippen LogP contribution in [-0.2, 0) is 14.3 Å². The van der Waals surface area contributed by atoms with Gasteiger partial charge in [0.1, 0.15) is 17.7 Å².